The first kappa shape index (κ1) is 12.9. The molecule has 3 rings (SSSR count). The van der Waals surface area contributed by atoms with Crippen molar-refractivity contribution in [1.82, 2.24) is 9.80 Å². The van der Waals surface area contributed by atoms with Gasteiger partial charge in [-0.05, 0) is 58.4 Å². The third kappa shape index (κ3) is 1.91. The molecule has 2 N–H and O–H groups in total. The molecule has 18 heavy (non-hydrogen) atoms. The molecule has 0 radical (unpaired) electrons. The summed E-state index contributed by atoms with van der Waals surface area (Å²) in [7, 11) is 2.27. The number of piperazine rings is 1. The number of hydrogen-bond donors (Lipinski definition) is 1. The Bertz CT molecular complexity index is 285. The fraction of sp³-hybridized carbons (Fsp3) is 1.00. The molecule has 3 nitrogen and oxygen atoms in total. The third-order valence-corrected chi connectivity index (χ3v) is 5.84. The van der Waals surface area contributed by atoms with E-state index in [9.17, 15) is 0 Å². The molecule has 0 aromatic carbocycles. The summed E-state index contributed by atoms with van der Waals surface area (Å²) in [6.07, 6.45) is 5.68. The van der Waals surface area contributed by atoms with Crippen LogP contribution in [0.15, 0.2) is 0 Å². The first-order chi connectivity index (χ1) is 8.59. The molecule has 2 aliphatic carbocycles. The van der Waals surface area contributed by atoms with Crippen LogP contribution in [-0.4, -0.2) is 54.1 Å². The van der Waals surface area contributed by atoms with Crippen LogP contribution in [0.25, 0.3) is 0 Å². The lowest BCUT2D eigenvalue weighted by Gasteiger charge is -2.52. The highest BCUT2D eigenvalue weighted by Crippen LogP contribution is 2.55. The van der Waals surface area contributed by atoms with Crippen molar-refractivity contribution in [2.75, 3.05) is 26.7 Å². The molecule has 1 saturated heterocycles. The van der Waals surface area contributed by atoms with Crippen molar-refractivity contribution in [3.63, 3.8) is 0 Å². The Morgan fingerprint density at radius 1 is 1.00 bits per heavy atom. The van der Waals surface area contributed by atoms with Gasteiger partial charge < -0.3 is 5.73 Å². The maximum absolute atomic E-state index is 6.29. The zero-order chi connectivity index (χ0) is 12.9. The minimum absolute atomic E-state index is 0.365. The minimum Gasteiger partial charge on any atom is -0.329 e. The number of likely N-dealkylation sites (N-methyl/N-ethyl adjacent to an activating group) is 1. The van der Waals surface area contributed by atoms with Crippen LogP contribution in [0.2, 0.25) is 0 Å². The first-order valence-corrected chi connectivity index (χ1v) is 7.76. The molecule has 3 aliphatic rings. The van der Waals surface area contributed by atoms with Crippen LogP contribution in [0.3, 0.4) is 0 Å². The van der Waals surface area contributed by atoms with Gasteiger partial charge in [0.15, 0.2) is 0 Å². The molecule has 1 aliphatic heterocycles. The van der Waals surface area contributed by atoms with Gasteiger partial charge in [0.05, 0.1) is 0 Å². The van der Waals surface area contributed by atoms with Gasteiger partial charge in [-0.1, -0.05) is 0 Å². The van der Waals surface area contributed by atoms with E-state index in [1.54, 1.807) is 0 Å². The van der Waals surface area contributed by atoms with Crippen molar-refractivity contribution in [2.45, 2.75) is 57.2 Å². The fourth-order valence-corrected chi connectivity index (χ4v) is 4.22. The molecule has 0 spiro atoms. The summed E-state index contributed by atoms with van der Waals surface area (Å²) in [5, 5.41) is 0. The summed E-state index contributed by atoms with van der Waals surface area (Å²) in [6.45, 7) is 8.04. The summed E-state index contributed by atoms with van der Waals surface area (Å²) in [4.78, 5) is 5.31. The fourth-order valence-electron chi connectivity index (χ4n) is 4.22. The number of nitrogens with zero attached hydrogens (tertiary/aromatic N) is 2. The minimum atomic E-state index is 0.365. The smallest absolute Gasteiger partial charge is 0.0389 e. The average molecular weight is 251 g/mol. The predicted octanol–water partition coefficient (Wildman–Crippen LogP) is 1.53. The highest BCUT2D eigenvalue weighted by atomic mass is 15.3. The molecular weight excluding hydrogens is 222 g/mol. The van der Waals surface area contributed by atoms with E-state index >= 15 is 0 Å². The molecule has 2 atom stereocenters. The predicted molar refractivity (Wildman–Crippen MR) is 75.5 cm³/mol. The Morgan fingerprint density at radius 2 is 1.44 bits per heavy atom. The molecule has 0 bridgehead atoms. The van der Waals surface area contributed by atoms with Gasteiger partial charge in [-0.2, -0.15) is 0 Å². The number of rotatable bonds is 4. The molecule has 0 aromatic heterocycles. The average Bonchev–Trinajstić information content (AvgIpc) is 3.18. The van der Waals surface area contributed by atoms with E-state index in [0.29, 0.717) is 17.6 Å². The Hall–Kier alpha value is -0.120. The van der Waals surface area contributed by atoms with Crippen molar-refractivity contribution in [1.29, 1.82) is 0 Å². The van der Waals surface area contributed by atoms with Gasteiger partial charge in [0.1, 0.15) is 0 Å². The second-order valence-corrected chi connectivity index (χ2v) is 7.01. The van der Waals surface area contributed by atoms with Crippen LogP contribution in [0.4, 0.5) is 0 Å². The normalized spacial score (nSPS) is 36.0. The molecule has 2 saturated carbocycles. The second-order valence-electron chi connectivity index (χ2n) is 7.01. The first-order valence-electron chi connectivity index (χ1n) is 7.76. The quantitative estimate of drug-likeness (QED) is 0.822. The number of nitrogens with two attached hydrogens (primary N) is 1. The van der Waals surface area contributed by atoms with E-state index in [1.165, 1.54) is 38.8 Å². The lowest BCUT2D eigenvalue weighted by molar-refractivity contribution is -0.0309. The summed E-state index contributed by atoms with van der Waals surface area (Å²) in [5.74, 6) is 1.80. The van der Waals surface area contributed by atoms with Gasteiger partial charge in [-0.3, -0.25) is 9.80 Å². The molecule has 3 heteroatoms. The van der Waals surface area contributed by atoms with Crippen molar-refractivity contribution in [3.05, 3.63) is 0 Å². The standard InChI is InChI=1S/C15H29N3/c1-11-8-18(9-12(2)17(11)3)15(10-16,13-4-5-13)14-6-7-14/h11-14H,4-10,16H2,1-3H3. The van der Waals surface area contributed by atoms with E-state index in [4.69, 9.17) is 5.73 Å². The van der Waals surface area contributed by atoms with E-state index in [0.717, 1.165) is 18.4 Å². The lowest BCUT2D eigenvalue weighted by Crippen LogP contribution is -2.66. The topological polar surface area (TPSA) is 32.5 Å². The monoisotopic (exact) mass is 251 g/mol. The summed E-state index contributed by atoms with van der Waals surface area (Å²) in [5.41, 5.74) is 6.66. The molecule has 2 unspecified atom stereocenters. The summed E-state index contributed by atoms with van der Waals surface area (Å²) in [6, 6.07) is 1.33. The van der Waals surface area contributed by atoms with Gasteiger partial charge in [-0.25, -0.2) is 0 Å². The van der Waals surface area contributed by atoms with E-state index in [1.807, 2.05) is 0 Å². The van der Waals surface area contributed by atoms with E-state index in [2.05, 4.69) is 30.7 Å². The molecule has 104 valence electrons. The van der Waals surface area contributed by atoms with Crippen LogP contribution >= 0.6 is 0 Å². The van der Waals surface area contributed by atoms with Crippen LogP contribution in [-0.2, 0) is 0 Å². The molecule has 0 amide bonds. The highest BCUT2D eigenvalue weighted by Gasteiger charge is 2.57. The van der Waals surface area contributed by atoms with Crippen molar-refractivity contribution >= 4 is 0 Å². The van der Waals surface area contributed by atoms with Gasteiger partial charge in [0.25, 0.3) is 0 Å². The molecular formula is C15H29N3. The lowest BCUT2D eigenvalue weighted by atomic mass is 9.83. The van der Waals surface area contributed by atoms with Crippen molar-refractivity contribution in [3.8, 4) is 0 Å². The molecule has 0 aromatic rings. The maximum Gasteiger partial charge on any atom is 0.0389 e. The number of hydrogen-bond acceptors (Lipinski definition) is 3. The molecule has 3 fully saturated rings. The zero-order valence-electron chi connectivity index (χ0n) is 12.2. The van der Waals surface area contributed by atoms with Crippen LogP contribution in [0.5, 0.6) is 0 Å². The summed E-state index contributed by atoms with van der Waals surface area (Å²) < 4.78 is 0. The van der Waals surface area contributed by atoms with Gasteiger partial charge in [0, 0.05) is 37.3 Å². The van der Waals surface area contributed by atoms with Crippen LogP contribution < -0.4 is 5.73 Å². The Kier molecular flexibility index (Phi) is 3.20. The van der Waals surface area contributed by atoms with Crippen molar-refractivity contribution < 1.29 is 0 Å². The highest BCUT2D eigenvalue weighted by molar-refractivity contribution is 5.12. The molecule has 1 heterocycles. The van der Waals surface area contributed by atoms with E-state index < -0.39 is 0 Å². The zero-order valence-corrected chi connectivity index (χ0v) is 12.2. The largest absolute Gasteiger partial charge is 0.329 e. The van der Waals surface area contributed by atoms with Crippen LogP contribution in [0.1, 0.15) is 39.5 Å². The van der Waals surface area contributed by atoms with Crippen molar-refractivity contribution in [2.24, 2.45) is 17.6 Å². The Labute approximate surface area is 112 Å². The van der Waals surface area contributed by atoms with E-state index in [-0.39, 0.29) is 0 Å². The Balaban J connectivity index is 1.82. The third-order valence-electron chi connectivity index (χ3n) is 5.84. The van der Waals surface area contributed by atoms with Crippen LogP contribution in [0, 0.1) is 11.8 Å². The van der Waals surface area contributed by atoms with Gasteiger partial charge in [0.2, 0.25) is 0 Å². The SMILES string of the molecule is CC1CN(C(CN)(C2CC2)C2CC2)CC(C)N1C. The van der Waals surface area contributed by atoms with Gasteiger partial charge >= 0.3 is 0 Å². The Morgan fingerprint density at radius 3 is 1.78 bits per heavy atom. The second kappa shape index (κ2) is 4.46. The maximum atomic E-state index is 6.29. The van der Waals surface area contributed by atoms with Gasteiger partial charge in [-0.15, -0.1) is 0 Å². The summed E-state index contributed by atoms with van der Waals surface area (Å²) >= 11 is 0.